The molecule has 0 aliphatic heterocycles. The van der Waals surface area contributed by atoms with Crippen molar-refractivity contribution in [1.29, 1.82) is 0 Å². The molecule has 0 fully saturated rings. The number of hydrogen-bond donors (Lipinski definition) is 2. The summed E-state index contributed by atoms with van der Waals surface area (Å²) in [7, 11) is 0. The van der Waals surface area contributed by atoms with E-state index in [1.165, 1.54) is 22.7 Å². The highest BCUT2D eigenvalue weighted by Crippen LogP contribution is 2.32. The van der Waals surface area contributed by atoms with Crippen molar-refractivity contribution < 1.29 is 18.0 Å². The van der Waals surface area contributed by atoms with Gasteiger partial charge in [0.15, 0.2) is 5.82 Å². The van der Waals surface area contributed by atoms with Crippen LogP contribution < -0.4 is 10.0 Å². The molecule has 0 aliphatic carbocycles. The van der Waals surface area contributed by atoms with Gasteiger partial charge in [0.1, 0.15) is 5.69 Å². The van der Waals surface area contributed by atoms with Gasteiger partial charge in [0.2, 0.25) is 0 Å². The first-order chi connectivity index (χ1) is 14.3. The molecule has 5 nitrogen and oxygen atoms in total. The summed E-state index contributed by atoms with van der Waals surface area (Å²) in [6.45, 7) is 1.04. The van der Waals surface area contributed by atoms with Crippen LogP contribution in [0, 0.1) is 0 Å². The average Bonchev–Trinajstić information content (AvgIpc) is 3.20. The molecule has 0 spiro atoms. The minimum atomic E-state index is -4.55. The second-order valence-corrected chi connectivity index (χ2v) is 7.42. The molecule has 0 bridgehead atoms. The SMILES string of the molecule is CSNCc1ccc(CNC(=O)c2cccn2-c2ncc(C(F)(F)F)cc2Cl)cc1. The summed E-state index contributed by atoms with van der Waals surface area (Å²) >= 11 is 7.54. The number of amides is 1. The zero-order valence-electron chi connectivity index (χ0n) is 15.8. The van der Waals surface area contributed by atoms with Crippen molar-refractivity contribution in [3.8, 4) is 5.82 Å². The molecule has 0 radical (unpaired) electrons. The zero-order chi connectivity index (χ0) is 21.7. The Bertz CT molecular complexity index is 1020. The lowest BCUT2D eigenvalue weighted by molar-refractivity contribution is -0.137. The lowest BCUT2D eigenvalue weighted by Crippen LogP contribution is -2.25. The van der Waals surface area contributed by atoms with Crippen LogP contribution in [-0.2, 0) is 19.3 Å². The summed E-state index contributed by atoms with van der Waals surface area (Å²) in [5, 5.41) is 2.59. The molecule has 3 rings (SSSR count). The van der Waals surface area contributed by atoms with Gasteiger partial charge in [0.05, 0.1) is 10.6 Å². The van der Waals surface area contributed by atoms with E-state index in [0.717, 1.165) is 23.7 Å². The van der Waals surface area contributed by atoms with E-state index in [0.29, 0.717) is 12.7 Å². The molecule has 1 aromatic carbocycles. The van der Waals surface area contributed by atoms with Gasteiger partial charge in [-0.2, -0.15) is 13.2 Å². The summed E-state index contributed by atoms with van der Waals surface area (Å²) < 4.78 is 43.0. The molecule has 0 unspecified atom stereocenters. The van der Waals surface area contributed by atoms with Crippen molar-refractivity contribution >= 4 is 29.5 Å². The molecule has 30 heavy (non-hydrogen) atoms. The second-order valence-electron chi connectivity index (χ2n) is 6.32. The van der Waals surface area contributed by atoms with Gasteiger partial charge >= 0.3 is 6.18 Å². The van der Waals surface area contributed by atoms with E-state index in [1.807, 2.05) is 30.5 Å². The summed E-state index contributed by atoms with van der Waals surface area (Å²) in [5.74, 6) is -0.351. The molecule has 10 heteroatoms. The number of carbonyl (C=O) groups is 1. The topological polar surface area (TPSA) is 58.9 Å². The molecular weight excluding hydrogens is 437 g/mol. The number of nitrogens with one attached hydrogen (secondary N) is 2. The molecule has 1 amide bonds. The molecule has 0 saturated heterocycles. The number of benzene rings is 1. The first-order valence-corrected chi connectivity index (χ1v) is 10.4. The number of halogens is 4. The Morgan fingerprint density at radius 1 is 1.17 bits per heavy atom. The van der Waals surface area contributed by atoms with Crippen LogP contribution in [0.1, 0.15) is 27.2 Å². The third-order valence-corrected chi connectivity index (χ3v) is 4.97. The molecular formula is C20H18ClF3N4OS. The van der Waals surface area contributed by atoms with Crippen LogP contribution in [0.25, 0.3) is 5.82 Å². The quantitative estimate of drug-likeness (QED) is 0.501. The summed E-state index contributed by atoms with van der Waals surface area (Å²) in [5.41, 5.74) is 1.30. The second kappa shape index (κ2) is 9.55. The van der Waals surface area contributed by atoms with Crippen LogP contribution in [0.2, 0.25) is 5.02 Å². The maximum atomic E-state index is 12.8. The van der Waals surface area contributed by atoms with E-state index in [4.69, 9.17) is 11.6 Å². The molecule has 2 heterocycles. The largest absolute Gasteiger partial charge is 0.417 e. The molecule has 0 atom stereocenters. The highest BCUT2D eigenvalue weighted by Gasteiger charge is 2.32. The molecule has 0 saturated carbocycles. The highest BCUT2D eigenvalue weighted by atomic mass is 35.5. The van der Waals surface area contributed by atoms with E-state index in [-0.39, 0.29) is 16.5 Å². The highest BCUT2D eigenvalue weighted by molar-refractivity contribution is 7.96. The van der Waals surface area contributed by atoms with Crippen molar-refractivity contribution in [2.45, 2.75) is 19.3 Å². The standard InChI is InChI=1S/C20H18ClF3N4OS/c1-30-27-11-14-6-4-13(5-7-14)10-26-19(29)17-3-2-8-28(17)18-16(21)9-15(12-25-18)20(22,23)24/h2-9,12,27H,10-11H2,1H3,(H,26,29). The number of nitrogens with zero attached hydrogens (tertiary/aromatic N) is 2. The Hall–Kier alpha value is -2.49. The monoisotopic (exact) mass is 454 g/mol. The van der Waals surface area contributed by atoms with Gasteiger partial charge in [-0.3, -0.25) is 14.1 Å². The number of rotatable bonds is 7. The maximum absolute atomic E-state index is 12.8. The van der Waals surface area contributed by atoms with E-state index in [2.05, 4.69) is 15.0 Å². The van der Waals surface area contributed by atoms with Crippen LogP contribution in [0.5, 0.6) is 0 Å². The van der Waals surface area contributed by atoms with Gasteiger partial charge in [-0.05, 0) is 35.6 Å². The fraction of sp³-hybridized carbons (Fsp3) is 0.200. The predicted octanol–water partition coefficient (Wildman–Crippen LogP) is 4.84. The molecule has 2 N–H and O–H groups in total. The van der Waals surface area contributed by atoms with Gasteiger partial charge in [0.25, 0.3) is 5.91 Å². The number of hydrogen-bond acceptors (Lipinski definition) is 4. The van der Waals surface area contributed by atoms with Gasteiger partial charge < -0.3 is 5.32 Å². The fourth-order valence-electron chi connectivity index (χ4n) is 2.72. The van der Waals surface area contributed by atoms with Gasteiger partial charge in [-0.25, -0.2) is 4.98 Å². The van der Waals surface area contributed by atoms with Gasteiger partial charge in [0, 0.05) is 25.5 Å². The number of pyridine rings is 1. The average molecular weight is 455 g/mol. The van der Waals surface area contributed by atoms with Crippen molar-refractivity contribution in [2.24, 2.45) is 0 Å². The van der Waals surface area contributed by atoms with Crippen LogP contribution in [0.4, 0.5) is 13.2 Å². The first kappa shape index (κ1) is 22.2. The van der Waals surface area contributed by atoms with Crippen molar-refractivity contribution in [3.63, 3.8) is 0 Å². The minimum Gasteiger partial charge on any atom is -0.347 e. The lowest BCUT2D eigenvalue weighted by Gasteiger charge is -2.13. The van der Waals surface area contributed by atoms with E-state index in [9.17, 15) is 18.0 Å². The summed E-state index contributed by atoms with van der Waals surface area (Å²) in [6.07, 6.45) is -0.388. The Morgan fingerprint density at radius 3 is 2.43 bits per heavy atom. The van der Waals surface area contributed by atoms with Gasteiger partial charge in [-0.15, -0.1) is 0 Å². The Morgan fingerprint density at radius 2 is 1.83 bits per heavy atom. The Kier molecular flexibility index (Phi) is 7.06. The molecule has 3 aromatic rings. The van der Waals surface area contributed by atoms with E-state index >= 15 is 0 Å². The van der Waals surface area contributed by atoms with Crippen LogP contribution in [0.3, 0.4) is 0 Å². The molecule has 2 aromatic heterocycles. The van der Waals surface area contributed by atoms with Gasteiger partial charge in [-0.1, -0.05) is 47.8 Å². The van der Waals surface area contributed by atoms with Crippen molar-refractivity contribution in [2.75, 3.05) is 6.26 Å². The number of carbonyl (C=O) groups excluding carboxylic acids is 1. The van der Waals surface area contributed by atoms with Crippen molar-refractivity contribution in [1.82, 2.24) is 19.6 Å². The fourth-order valence-corrected chi connectivity index (χ4v) is 3.29. The van der Waals surface area contributed by atoms with Crippen molar-refractivity contribution in [3.05, 3.63) is 82.3 Å². The van der Waals surface area contributed by atoms with E-state index in [1.54, 1.807) is 12.1 Å². The molecule has 158 valence electrons. The minimum absolute atomic E-state index is 0.0467. The number of alkyl halides is 3. The normalized spacial score (nSPS) is 11.5. The van der Waals surface area contributed by atoms with Crippen LogP contribution in [-0.4, -0.2) is 21.7 Å². The van der Waals surface area contributed by atoms with Crippen LogP contribution in [0.15, 0.2) is 54.9 Å². The van der Waals surface area contributed by atoms with E-state index < -0.39 is 17.6 Å². The smallest absolute Gasteiger partial charge is 0.347 e. The van der Waals surface area contributed by atoms with Crippen LogP contribution >= 0.6 is 23.5 Å². The number of aromatic nitrogens is 2. The maximum Gasteiger partial charge on any atom is 0.417 e. The zero-order valence-corrected chi connectivity index (χ0v) is 17.4. The summed E-state index contributed by atoms with van der Waals surface area (Å²) in [6, 6.07) is 11.7. The third kappa shape index (κ3) is 5.35. The lowest BCUT2D eigenvalue weighted by atomic mass is 10.1. The molecule has 0 aliphatic rings. The predicted molar refractivity (Wildman–Crippen MR) is 112 cm³/mol. The Balaban J connectivity index is 1.71. The third-order valence-electron chi connectivity index (χ3n) is 4.26. The Labute approximate surface area is 180 Å². The summed E-state index contributed by atoms with van der Waals surface area (Å²) in [4.78, 5) is 16.4. The first-order valence-electron chi connectivity index (χ1n) is 8.82.